The Bertz CT molecular complexity index is 582. The highest BCUT2D eigenvalue weighted by Gasteiger charge is 2.66. The van der Waals surface area contributed by atoms with E-state index in [9.17, 15) is 14.7 Å². The topological polar surface area (TPSA) is 86.6 Å². The van der Waals surface area contributed by atoms with Crippen LogP contribution in [-0.2, 0) is 9.59 Å². The molecule has 2 aliphatic rings. The van der Waals surface area contributed by atoms with E-state index in [1.807, 2.05) is 26.0 Å². The van der Waals surface area contributed by atoms with Crippen molar-refractivity contribution in [3.8, 4) is 0 Å². The van der Waals surface area contributed by atoms with E-state index in [0.717, 1.165) is 5.82 Å². The van der Waals surface area contributed by atoms with Gasteiger partial charge in [-0.2, -0.15) is 5.10 Å². The number of carboxylic acids is 1. The minimum absolute atomic E-state index is 0.0313. The smallest absolute Gasteiger partial charge is 0.307 e. The number of aromatic nitrogens is 2. The molecule has 1 aromatic heterocycles. The van der Waals surface area contributed by atoms with Crippen LogP contribution in [0.2, 0.25) is 0 Å². The van der Waals surface area contributed by atoms with E-state index >= 15 is 0 Å². The summed E-state index contributed by atoms with van der Waals surface area (Å²) in [4.78, 5) is 27.6. The van der Waals surface area contributed by atoms with Crippen molar-refractivity contribution in [3.05, 3.63) is 18.3 Å². The van der Waals surface area contributed by atoms with Gasteiger partial charge in [-0.05, 0) is 17.5 Å². The van der Waals surface area contributed by atoms with Crippen molar-refractivity contribution in [3.63, 3.8) is 0 Å². The zero-order chi connectivity index (χ0) is 15.9. The molecule has 3 rings (SSSR count). The minimum Gasteiger partial charge on any atom is -0.481 e. The number of carboxylic acid groups (broad SMARTS) is 1. The second-order valence-corrected chi connectivity index (χ2v) is 6.51. The molecule has 1 saturated heterocycles. The molecule has 1 N–H and O–H groups in total. The van der Waals surface area contributed by atoms with E-state index in [1.54, 1.807) is 11.1 Å². The highest BCUT2D eigenvalue weighted by molar-refractivity contribution is 5.91. The second-order valence-electron chi connectivity index (χ2n) is 6.51. The Hall–Kier alpha value is -2.18. The first kappa shape index (κ1) is 14.7. The molecular formula is C15H20N4O3. The Morgan fingerprint density at radius 2 is 1.91 bits per heavy atom. The molecule has 1 aliphatic carbocycles. The molecule has 1 aliphatic heterocycles. The number of carbonyl (C=O) groups is 2. The lowest BCUT2D eigenvalue weighted by molar-refractivity contribution is -0.142. The SMILES string of the molecule is CC1(C)[C@H](C(=O)O)[C@@H]1C(=O)N1CCN(c2cccnn2)CC1. The molecule has 2 fully saturated rings. The third kappa shape index (κ3) is 2.40. The van der Waals surface area contributed by atoms with Crippen molar-refractivity contribution in [1.82, 2.24) is 15.1 Å². The first-order valence-corrected chi connectivity index (χ1v) is 7.47. The van der Waals surface area contributed by atoms with Crippen LogP contribution in [0.25, 0.3) is 0 Å². The van der Waals surface area contributed by atoms with Gasteiger partial charge < -0.3 is 14.9 Å². The van der Waals surface area contributed by atoms with Crippen LogP contribution in [0.3, 0.4) is 0 Å². The van der Waals surface area contributed by atoms with Crippen LogP contribution < -0.4 is 4.90 Å². The maximum atomic E-state index is 12.6. The normalized spacial score (nSPS) is 26.6. The predicted molar refractivity (Wildman–Crippen MR) is 79.2 cm³/mol. The molecule has 1 aromatic rings. The monoisotopic (exact) mass is 304 g/mol. The summed E-state index contributed by atoms with van der Waals surface area (Å²) < 4.78 is 0. The van der Waals surface area contributed by atoms with Gasteiger partial charge in [0.25, 0.3) is 0 Å². The van der Waals surface area contributed by atoms with Crippen LogP contribution in [0.5, 0.6) is 0 Å². The maximum Gasteiger partial charge on any atom is 0.307 e. The van der Waals surface area contributed by atoms with E-state index in [0.29, 0.717) is 26.2 Å². The van der Waals surface area contributed by atoms with Gasteiger partial charge in [0, 0.05) is 32.4 Å². The highest BCUT2D eigenvalue weighted by atomic mass is 16.4. The number of amides is 1. The summed E-state index contributed by atoms with van der Waals surface area (Å²) in [6, 6.07) is 3.74. The molecule has 7 heteroatoms. The van der Waals surface area contributed by atoms with Crippen molar-refractivity contribution in [2.75, 3.05) is 31.1 Å². The molecule has 1 amide bonds. The fourth-order valence-corrected chi connectivity index (χ4v) is 3.37. The van der Waals surface area contributed by atoms with E-state index in [4.69, 9.17) is 0 Å². The summed E-state index contributed by atoms with van der Waals surface area (Å²) in [5.74, 6) is -1.05. The van der Waals surface area contributed by atoms with Gasteiger partial charge in [0.15, 0.2) is 5.82 Å². The number of rotatable bonds is 3. The average molecular weight is 304 g/mol. The lowest BCUT2D eigenvalue weighted by Gasteiger charge is -2.35. The number of piperazine rings is 1. The van der Waals surface area contributed by atoms with Crippen molar-refractivity contribution in [2.24, 2.45) is 17.3 Å². The molecule has 2 heterocycles. The lowest BCUT2D eigenvalue weighted by atomic mass is 10.1. The van der Waals surface area contributed by atoms with E-state index in [2.05, 4.69) is 15.1 Å². The van der Waals surface area contributed by atoms with Crippen LogP contribution in [0.4, 0.5) is 5.82 Å². The molecule has 0 unspecified atom stereocenters. The average Bonchev–Trinajstić information content (AvgIpc) is 3.10. The van der Waals surface area contributed by atoms with Gasteiger partial charge in [-0.3, -0.25) is 9.59 Å². The van der Waals surface area contributed by atoms with E-state index in [1.165, 1.54) is 0 Å². The lowest BCUT2D eigenvalue weighted by Crippen LogP contribution is -2.50. The first-order chi connectivity index (χ1) is 10.4. The van der Waals surface area contributed by atoms with E-state index < -0.39 is 23.2 Å². The van der Waals surface area contributed by atoms with Crippen LogP contribution in [0, 0.1) is 17.3 Å². The Labute approximate surface area is 128 Å². The largest absolute Gasteiger partial charge is 0.481 e. The number of anilines is 1. The molecule has 0 aromatic carbocycles. The van der Waals surface area contributed by atoms with Crippen LogP contribution in [-0.4, -0.2) is 58.3 Å². The van der Waals surface area contributed by atoms with Crippen LogP contribution in [0.1, 0.15) is 13.8 Å². The Morgan fingerprint density at radius 1 is 1.23 bits per heavy atom. The number of carbonyl (C=O) groups excluding carboxylic acids is 1. The highest BCUT2D eigenvalue weighted by Crippen LogP contribution is 2.59. The zero-order valence-corrected chi connectivity index (χ0v) is 12.8. The van der Waals surface area contributed by atoms with Crippen LogP contribution >= 0.6 is 0 Å². The first-order valence-electron chi connectivity index (χ1n) is 7.47. The number of aliphatic carboxylic acids is 1. The molecule has 1 saturated carbocycles. The van der Waals surface area contributed by atoms with Gasteiger partial charge in [-0.1, -0.05) is 13.8 Å². The van der Waals surface area contributed by atoms with Gasteiger partial charge in [0.05, 0.1) is 11.8 Å². The molecule has 0 bridgehead atoms. The Balaban J connectivity index is 1.60. The van der Waals surface area contributed by atoms with Crippen LogP contribution in [0.15, 0.2) is 18.3 Å². The third-order valence-corrected chi connectivity index (χ3v) is 4.83. The summed E-state index contributed by atoms with van der Waals surface area (Å²) in [6.45, 7) is 6.27. The predicted octanol–water partition coefficient (Wildman–Crippen LogP) is 0.482. The van der Waals surface area contributed by atoms with Crippen molar-refractivity contribution in [1.29, 1.82) is 0 Å². The molecule has 7 nitrogen and oxygen atoms in total. The quantitative estimate of drug-likeness (QED) is 0.874. The summed E-state index contributed by atoms with van der Waals surface area (Å²) in [6.07, 6.45) is 1.63. The van der Waals surface area contributed by atoms with Crippen molar-refractivity contribution >= 4 is 17.7 Å². The van der Waals surface area contributed by atoms with Gasteiger partial charge in [0.2, 0.25) is 5.91 Å². The second kappa shape index (κ2) is 5.23. The Kier molecular flexibility index (Phi) is 3.50. The summed E-state index contributed by atoms with van der Waals surface area (Å²) >= 11 is 0. The molecule has 22 heavy (non-hydrogen) atoms. The minimum atomic E-state index is -0.874. The van der Waals surface area contributed by atoms with Gasteiger partial charge >= 0.3 is 5.97 Å². The molecule has 2 atom stereocenters. The van der Waals surface area contributed by atoms with E-state index in [-0.39, 0.29) is 5.91 Å². The summed E-state index contributed by atoms with van der Waals surface area (Å²) in [5, 5.41) is 17.1. The number of hydrogen-bond acceptors (Lipinski definition) is 5. The number of hydrogen-bond donors (Lipinski definition) is 1. The van der Waals surface area contributed by atoms with Gasteiger partial charge in [-0.25, -0.2) is 0 Å². The number of nitrogens with zero attached hydrogens (tertiary/aromatic N) is 4. The Morgan fingerprint density at radius 3 is 2.41 bits per heavy atom. The fraction of sp³-hybridized carbons (Fsp3) is 0.600. The summed E-state index contributed by atoms with van der Waals surface area (Å²) in [7, 11) is 0. The summed E-state index contributed by atoms with van der Waals surface area (Å²) in [5.41, 5.74) is -0.440. The molecule has 0 radical (unpaired) electrons. The fourth-order valence-electron chi connectivity index (χ4n) is 3.37. The standard InChI is InChI=1S/C15H20N4O3/c1-15(2)11(12(15)14(21)22)13(20)19-8-6-18(7-9-19)10-4-3-5-16-17-10/h3-5,11-12H,6-9H2,1-2H3,(H,21,22)/t11-,12+/m1/s1. The van der Waals surface area contributed by atoms with Gasteiger partial charge in [0.1, 0.15) is 0 Å². The molecule has 118 valence electrons. The molecular weight excluding hydrogens is 284 g/mol. The van der Waals surface area contributed by atoms with Gasteiger partial charge in [-0.15, -0.1) is 5.10 Å². The maximum absolute atomic E-state index is 12.6. The molecule has 0 spiro atoms. The van der Waals surface area contributed by atoms with Crippen molar-refractivity contribution in [2.45, 2.75) is 13.8 Å². The van der Waals surface area contributed by atoms with Crippen molar-refractivity contribution < 1.29 is 14.7 Å². The third-order valence-electron chi connectivity index (χ3n) is 4.83. The zero-order valence-electron chi connectivity index (χ0n) is 12.8.